The van der Waals surface area contributed by atoms with Crippen molar-refractivity contribution in [3.8, 4) is 0 Å². The minimum absolute atomic E-state index is 0.129. The van der Waals surface area contributed by atoms with E-state index in [-0.39, 0.29) is 17.5 Å². The van der Waals surface area contributed by atoms with Crippen molar-refractivity contribution in [3.63, 3.8) is 0 Å². The number of allylic oxidation sites excluding steroid dienone is 4. The first-order valence-electron chi connectivity index (χ1n) is 3.41. The monoisotopic (exact) mass is 174 g/mol. The van der Waals surface area contributed by atoms with Crippen LogP contribution in [0.1, 0.15) is 19.3 Å². The van der Waals surface area contributed by atoms with Gasteiger partial charge in [0.1, 0.15) is 5.83 Å². The molecule has 0 spiro atoms. The zero-order valence-corrected chi connectivity index (χ0v) is 6.70. The SMILES string of the molecule is O=C(Cl)CC1=CC=C(F)CC1. The van der Waals surface area contributed by atoms with Gasteiger partial charge in [0.25, 0.3) is 0 Å². The van der Waals surface area contributed by atoms with Gasteiger partial charge in [-0.2, -0.15) is 0 Å². The van der Waals surface area contributed by atoms with Gasteiger partial charge in [-0.3, -0.25) is 4.79 Å². The summed E-state index contributed by atoms with van der Waals surface area (Å²) in [5, 5.41) is -0.382. The molecule has 1 rings (SSSR count). The maximum atomic E-state index is 12.4. The zero-order chi connectivity index (χ0) is 8.27. The molecule has 0 bridgehead atoms. The molecule has 0 aromatic rings. The van der Waals surface area contributed by atoms with Crippen molar-refractivity contribution in [2.24, 2.45) is 0 Å². The van der Waals surface area contributed by atoms with Gasteiger partial charge in [0.05, 0.1) is 0 Å². The summed E-state index contributed by atoms with van der Waals surface area (Å²) in [5.41, 5.74) is 0.909. The van der Waals surface area contributed by atoms with Crippen molar-refractivity contribution in [1.82, 2.24) is 0 Å². The highest BCUT2D eigenvalue weighted by molar-refractivity contribution is 6.63. The fraction of sp³-hybridized carbons (Fsp3) is 0.375. The van der Waals surface area contributed by atoms with Crippen LogP contribution in [0.2, 0.25) is 0 Å². The van der Waals surface area contributed by atoms with Gasteiger partial charge in [0, 0.05) is 12.8 Å². The van der Waals surface area contributed by atoms with Gasteiger partial charge in [0.2, 0.25) is 5.24 Å². The van der Waals surface area contributed by atoms with Crippen molar-refractivity contribution < 1.29 is 9.18 Å². The summed E-state index contributed by atoms with van der Waals surface area (Å²) in [5.74, 6) is -0.129. The third-order valence-electron chi connectivity index (χ3n) is 1.55. The van der Waals surface area contributed by atoms with Crippen LogP contribution >= 0.6 is 11.6 Å². The van der Waals surface area contributed by atoms with Crippen LogP contribution in [0.3, 0.4) is 0 Å². The van der Waals surface area contributed by atoms with E-state index < -0.39 is 0 Å². The van der Waals surface area contributed by atoms with E-state index in [1.165, 1.54) is 6.08 Å². The highest BCUT2D eigenvalue weighted by Crippen LogP contribution is 2.21. The summed E-state index contributed by atoms with van der Waals surface area (Å²) in [7, 11) is 0. The minimum Gasteiger partial charge on any atom is -0.281 e. The number of halogens is 2. The highest BCUT2D eigenvalue weighted by atomic mass is 35.5. The first-order valence-corrected chi connectivity index (χ1v) is 3.78. The second-order valence-electron chi connectivity index (χ2n) is 2.47. The van der Waals surface area contributed by atoms with Crippen molar-refractivity contribution in [1.29, 1.82) is 0 Å². The van der Waals surface area contributed by atoms with Crippen molar-refractivity contribution in [2.75, 3.05) is 0 Å². The summed E-state index contributed by atoms with van der Waals surface area (Å²) >= 11 is 5.15. The molecule has 0 aliphatic heterocycles. The van der Waals surface area contributed by atoms with Gasteiger partial charge in [-0.15, -0.1) is 0 Å². The van der Waals surface area contributed by atoms with Crippen molar-refractivity contribution in [3.05, 3.63) is 23.6 Å². The second kappa shape index (κ2) is 3.67. The lowest BCUT2D eigenvalue weighted by Gasteiger charge is -2.06. The molecule has 0 amide bonds. The zero-order valence-electron chi connectivity index (χ0n) is 5.94. The third kappa shape index (κ3) is 2.85. The number of hydrogen-bond donors (Lipinski definition) is 0. The van der Waals surface area contributed by atoms with E-state index in [1.807, 2.05) is 0 Å². The van der Waals surface area contributed by atoms with Gasteiger partial charge in [-0.05, 0) is 24.1 Å². The molecule has 0 aromatic heterocycles. The average molecular weight is 175 g/mol. The van der Waals surface area contributed by atoms with Crippen molar-refractivity contribution >= 4 is 16.8 Å². The van der Waals surface area contributed by atoms with E-state index in [0.29, 0.717) is 12.8 Å². The lowest BCUT2D eigenvalue weighted by Crippen LogP contribution is -1.94. The third-order valence-corrected chi connectivity index (χ3v) is 1.68. The minimum atomic E-state index is -0.382. The summed E-state index contributed by atoms with van der Waals surface area (Å²) in [6, 6.07) is 0. The predicted molar refractivity (Wildman–Crippen MR) is 42.0 cm³/mol. The Morgan fingerprint density at radius 1 is 1.55 bits per heavy atom. The molecule has 0 N–H and O–H groups in total. The van der Waals surface area contributed by atoms with Gasteiger partial charge in [0.15, 0.2) is 0 Å². The van der Waals surface area contributed by atoms with E-state index in [4.69, 9.17) is 11.6 Å². The highest BCUT2D eigenvalue weighted by Gasteiger charge is 2.07. The fourth-order valence-electron chi connectivity index (χ4n) is 0.981. The van der Waals surface area contributed by atoms with Crippen LogP contribution in [-0.4, -0.2) is 5.24 Å². The Morgan fingerprint density at radius 2 is 2.27 bits per heavy atom. The Hall–Kier alpha value is -0.630. The van der Waals surface area contributed by atoms with Gasteiger partial charge in [-0.25, -0.2) is 4.39 Å². The quantitative estimate of drug-likeness (QED) is 0.589. The average Bonchev–Trinajstić information content (AvgIpc) is 1.93. The Kier molecular flexibility index (Phi) is 2.83. The molecule has 0 saturated carbocycles. The number of hydrogen-bond acceptors (Lipinski definition) is 1. The molecule has 0 saturated heterocycles. The van der Waals surface area contributed by atoms with E-state index >= 15 is 0 Å². The van der Waals surface area contributed by atoms with E-state index in [9.17, 15) is 9.18 Å². The first kappa shape index (κ1) is 8.47. The van der Waals surface area contributed by atoms with Gasteiger partial charge >= 0.3 is 0 Å². The molecule has 60 valence electrons. The molecular weight excluding hydrogens is 167 g/mol. The lowest BCUT2D eigenvalue weighted by molar-refractivity contribution is -0.111. The number of carbonyl (C=O) groups is 1. The molecule has 0 radical (unpaired) electrons. The van der Waals surface area contributed by atoms with E-state index in [0.717, 1.165) is 5.57 Å². The molecule has 0 unspecified atom stereocenters. The summed E-state index contributed by atoms with van der Waals surface area (Å²) in [6.07, 6.45) is 4.26. The first-order chi connectivity index (χ1) is 5.18. The maximum Gasteiger partial charge on any atom is 0.225 e. The van der Waals surface area contributed by atoms with Crippen LogP contribution in [0.25, 0.3) is 0 Å². The van der Waals surface area contributed by atoms with Crippen LogP contribution in [0.5, 0.6) is 0 Å². The number of rotatable bonds is 2. The number of carbonyl (C=O) groups excluding carboxylic acids is 1. The predicted octanol–water partition coefficient (Wildman–Crippen LogP) is 2.72. The van der Waals surface area contributed by atoms with Crippen LogP contribution in [0, 0.1) is 0 Å². The maximum absolute atomic E-state index is 12.4. The van der Waals surface area contributed by atoms with Gasteiger partial charge in [-0.1, -0.05) is 11.6 Å². The normalized spacial score (nSPS) is 17.3. The standard InChI is InChI=1S/C8H8ClFO/c9-8(11)5-6-1-3-7(10)4-2-6/h1,3H,2,4-5H2. The molecular formula is C8H8ClFO. The molecule has 0 heterocycles. The summed E-state index contributed by atoms with van der Waals surface area (Å²) in [6.45, 7) is 0. The Morgan fingerprint density at radius 3 is 2.73 bits per heavy atom. The topological polar surface area (TPSA) is 17.1 Å². The molecule has 0 aromatic carbocycles. The molecule has 3 heteroatoms. The largest absolute Gasteiger partial charge is 0.281 e. The fourth-order valence-corrected chi connectivity index (χ4v) is 1.15. The molecule has 0 fully saturated rings. The van der Waals surface area contributed by atoms with Crippen LogP contribution in [-0.2, 0) is 4.79 Å². The summed E-state index contributed by atoms with van der Waals surface area (Å²) < 4.78 is 12.4. The Bertz CT molecular complexity index is 230. The molecule has 1 nitrogen and oxygen atoms in total. The molecule has 11 heavy (non-hydrogen) atoms. The van der Waals surface area contributed by atoms with Crippen LogP contribution in [0.15, 0.2) is 23.6 Å². The summed E-state index contributed by atoms with van der Waals surface area (Å²) in [4.78, 5) is 10.4. The lowest BCUT2D eigenvalue weighted by atomic mass is 10.0. The molecule has 1 aliphatic rings. The Labute approximate surface area is 69.5 Å². The smallest absolute Gasteiger partial charge is 0.225 e. The molecule has 1 aliphatic carbocycles. The second-order valence-corrected chi connectivity index (χ2v) is 2.89. The van der Waals surface area contributed by atoms with Crippen LogP contribution < -0.4 is 0 Å². The van der Waals surface area contributed by atoms with E-state index in [2.05, 4.69) is 0 Å². The Balaban J connectivity index is 2.54. The van der Waals surface area contributed by atoms with Crippen molar-refractivity contribution in [2.45, 2.75) is 19.3 Å². The van der Waals surface area contributed by atoms with E-state index in [1.54, 1.807) is 6.08 Å². The van der Waals surface area contributed by atoms with Crippen LogP contribution in [0.4, 0.5) is 4.39 Å². The molecule has 0 atom stereocenters. The van der Waals surface area contributed by atoms with Gasteiger partial charge < -0.3 is 0 Å².